The van der Waals surface area contributed by atoms with Gasteiger partial charge in [-0.1, -0.05) is 59.2 Å². The Labute approximate surface area is 209 Å². The van der Waals surface area contributed by atoms with Crippen molar-refractivity contribution < 1.29 is 15.1 Å². The van der Waals surface area contributed by atoms with Gasteiger partial charge >= 0.3 is 5.97 Å². The Bertz CT molecular complexity index is 1380. The Kier molecular flexibility index (Phi) is 7.28. The Morgan fingerprint density at radius 2 is 1.57 bits per heavy atom. The van der Waals surface area contributed by atoms with E-state index < -0.39 is 5.97 Å². The zero-order valence-corrected chi connectivity index (χ0v) is 20.2. The minimum atomic E-state index is -0.946. The number of aryl methyl sites for hydroxylation is 2. The molecule has 5 nitrogen and oxygen atoms in total. The number of rotatable bonds is 7. The summed E-state index contributed by atoms with van der Waals surface area (Å²) in [4.78, 5) is 15.4. The van der Waals surface area contributed by atoms with Gasteiger partial charge in [0.25, 0.3) is 0 Å². The Morgan fingerprint density at radius 3 is 2.14 bits per heavy atom. The van der Waals surface area contributed by atoms with Crippen LogP contribution in [0.15, 0.2) is 90.2 Å². The van der Waals surface area contributed by atoms with Crippen LogP contribution in [-0.2, 0) is 0 Å². The molecule has 0 saturated carbocycles. The van der Waals surface area contributed by atoms with Gasteiger partial charge in [-0.05, 0) is 78.1 Å². The van der Waals surface area contributed by atoms with Gasteiger partial charge in [-0.15, -0.1) is 0 Å². The van der Waals surface area contributed by atoms with Crippen LogP contribution in [0.25, 0.3) is 11.1 Å². The monoisotopic (exact) mass is 484 g/mol. The third-order valence-corrected chi connectivity index (χ3v) is 6.37. The third kappa shape index (κ3) is 5.58. The van der Waals surface area contributed by atoms with E-state index in [1.54, 1.807) is 18.3 Å². The van der Waals surface area contributed by atoms with Crippen LogP contribution in [0.4, 0.5) is 0 Å². The summed E-state index contributed by atoms with van der Waals surface area (Å²) in [6.45, 7) is 3.93. The molecule has 0 aliphatic rings. The summed E-state index contributed by atoms with van der Waals surface area (Å²) >= 11 is 6.23. The topological polar surface area (TPSA) is 82.8 Å². The lowest BCUT2D eigenvalue weighted by Gasteiger charge is -2.21. The van der Waals surface area contributed by atoms with Gasteiger partial charge in [0.1, 0.15) is 0 Å². The van der Waals surface area contributed by atoms with E-state index in [1.165, 1.54) is 0 Å². The molecule has 1 heterocycles. The molecule has 0 aliphatic carbocycles. The highest BCUT2D eigenvalue weighted by Crippen LogP contribution is 2.34. The van der Waals surface area contributed by atoms with Crippen molar-refractivity contribution in [3.8, 4) is 11.1 Å². The van der Waals surface area contributed by atoms with Crippen molar-refractivity contribution in [3.63, 3.8) is 0 Å². The first-order valence-electron chi connectivity index (χ1n) is 11.2. The van der Waals surface area contributed by atoms with E-state index in [9.17, 15) is 10.0 Å². The third-order valence-electron chi connectivity index (χ3n) is 6.13. The molecule has 0 aliphatic heterocycles. The lowest BCUT2D eigenvalue weighted by Crippen LogP contribution is -2.12. The number of nitrogens with zero attached hydrogens (tertiary/aromatic N) is 2. The second kappa shape index (κ2) is 10.5. The van der Waals surface area contributed by atoms with Gasteiger partial charge in [-0.3, -0.25) is 4.98 Å². The van der Waals surface area contributed by atoms with Gasteiger partial charge in [0.2, 0.25) is 0 Å². The zero-order valence-electron chi connectivity index (χ0n) is 19.4. The Morgan fingerprint density at radius 1 is 0.914 bits per heavy atom. The van der Waals surface area contributed by atoms with E-state index in [2.05, 4.69) is 22.3 Å². The molecule has 4 aromatic rings. The molecule has 3 aromatic carbocycles. The molecule has 0 bridgehead atoms. The van der Waals surface area contributed by atoms with Crippen molar-refractivity contribution in [3.05, 3.63) is 124 Å². The number of hydrogen-bond acceptors (Lipinski definition) is 4. The molecular weight excluding hydrogens is 460 g/mol. The standard InChI is InChI=1S/C29H25ClN2O3/c1-18-15-25(30)11-12-26(18)27(17-28(32-35)24-13-14-31-19(2)16-24)22-7-3-20(4-8-22)21-5-9-23(10-6-21)29(33)34/h3-16,27,35H,17H2,1-2H3,(H,33,34). The van der Waals surface area contributed by atoms with E-state index in [0.29, 0.717) is 17.2 Å². The summed E-state index contributed by atoms with van der Waals surface area (Å²) in [6.07, 6.45) is 2.19. The average molecular weight is 485 g/mol. The predicted octanol–water partition coefficient (Wildman–Crippen LogP) is 7.12. The molecule has 0 radical (unpaired) electrons. The van der Waals surface area contributed by atoms with Gasteiger partial charge in [0, 0.05) is 34.8 Å². The maximum absolute atomic E-state index is 11.1. The summed E-state index contributed by atoms with van der Waals surface area (Å²) in [7, 11) is 0. The minimum absolute atomic E-state index is 0.0740. The molecule has 35 heavy (non-hydrogen) atoms. The van der Waals surface area contributed by atoms with Gasteiger partial charge in [0.05, 0.1) is 11.3 Å². The van der Waals surface area contributed by atoms with Crippen LogP contribution < -0.4 is 0 Å². The summed E-state index contributed by atoms with van der Waals surface area (Å²) in [5, 5.41) is 23.3. The number of carbonyl (C=O) groups is 1. The summed E-state index contributed by atoms with van der Waals surface area (Å²) in [5.74, 6) is -1.02. The molecule has 2 N–H and O–H groups in total. The molecule has 0 saturated heterocycles. The average Bonchev–Trinajstić information content (AvgIpc) is 2.86. The molecule has 1 aromatic heterocycles. The molecule has 176 valence electrons. The molecule has 1 unspecified atom stereocenters. The predicted molar refractivity (Wildman–Crippen MR) is 139 cm³/mol. The van der Waals surface area contributed by atoms with E-state index in [4.69, 9.17) is 16.7 Å². The highest BCUT2D eigenvalue weighted by Gasteiger charge is 2.21. The first kappa shape index (κ1) is 24.2. The number of hydrogen-bond donors (Lipinski definition) is 2. The van der Waals surface area contributed by atoms with Gasteiger partial charge < -0.3 is 10.3 Å². The fraction of sp³-hybridized carbons (Fsp3) is 0.138. The molecule has 0 spiro atoms. The SMILES string of the molecule is Cc1cc(C(CC(c2ccc(-c3ccc(C(=O)O)cc3)cc2)c2ccc(Cl)cc2C)=NO)ccn1. The number of pyridine rings is 1. The number of aromatic nitrogens is 1. The van der Waals surface area contributed by atoms with Crippen LogP contribution in [0.3, 0.4) is 0 Å². The Hall–Kier alpha value is -3.96. The molecular formula is C29H25ClN2O3. The van der Waals surface area contributed by atoms with Crippen LogP contribution in [0.1, 0.15) is 50.6 Å². The lowest BCUT2D eigenvalue weighted by molar-refractivity contribution is 0.0697. The van der Waals surface area contributed by atoms with Crippen molar-refractivity contribution in [2.75, 3.05) is 0 Å². The summed E-state index contributed by atoms with van der Waals surface area (Å²) in [5.41, 5.74) is 7.64. The molecule has 1 atom stereocenters. The van der Waals surface area contributed by atoms with E-state index in [0.717, 1.165) is 39.1 Å². The number of aromatic carboxylic acids is 1. The zero-order chi connectivity index (χ0) is 24.9. The highest BCUT2D eigenvalue weighted by atomic mass is 35.5. The quantitative estimate of drug-likeness (QED) is 0.166. The Balaban J connectivity index is 1.71. The van der Waals surface area contributed by atoms with Crippen LogP contribution >= 0.6 is 11.6 Å². The summed E-state index contributed by atoms with van der Waals surface area (Å²) < 4.78 is 0. The molecule has 6 heteroatoms. The van der Waals surface area contributed by atoms with Gasteiger partial charge in [0.15, 0.2) is 0 Å². The molecule has 0 fully saturated rings. The van der Waals surface area contributed by atoms with E-state index >= 15 is 0 Å². The largest absolute Gasteiger partial charge is 0.478 e. The molecule has 0 amide bonds. The van der Waals surface area contributed by atoms with Crippen molar-refractivity contribution in [1.29, 1.82) is 0 Å². The maximum Gasteiger partial charge on any atom is 0.335 e. The van der Waals surface area contributed by atoms with Crippen molar-refractivity contribution in [2.45, 2.75) is 26.2 Å². The van der Waals surface area contributed by atoms with Crippen LogP contribution in [0.2, 0.25) is 5.02 Å². The molecule has 4 rings (SSSR count). The van der Waals surface area contributed by atoms with Gasteiger partial charge in [-0.25, -0.2) is 4.79 Å². The normalized spacial score (nSPS) is 12.4. The number of benzene rings is 3. The van der Waals surface area contributed by atoms with Crippen LogP contribution in [-0.4, -0.2) is 27.0 Å². The number of halogens is 1. The fourth-order valence-corrected chi connectivity index (χ4v) is 4.51. The van der Waals surface area contributed by atoms with Crippen molar-refractivity contribution >= 4 is 23.3 Å². The highest BCUT2D eigenvalue weighted by molar-refractivity contribution is 6.30. The van der Waals surface area contributed by atoms with Crippen molar-refractivity contribution in [2.24, 2.45) is 5.16 Å². The van der Waals surface area contributed by atoms with E-state index in [-0.39, 0.29) is 11.5 Å². The minimum Gasteiger partial charge on any atom is -0.478 e. The first-order valence-corrected chi connectivity index (χ1v) is 11.6. The van der Waals surface area contributed by atoms with Crippen molar-refractivity contribution in [1.82, 2.24) is 4.98 Å². The lowest BCUT2D eigenvalue weighted by atomic mass is 9.83. The van der Waals surface area contributed by atoms with Crippen LogP contribution in [0, 0.1) is 13.8 Å². The van der Waals surface area contributed by atoms with E-state index in [1.807, 2.05) is 68.4 Å². The smallest absolute Gasteiger partial charge is 0.335 e. The first-order chi connectivity index (χ1) is 16.9. The maximum atomic E-state index is 11.1. The fourth-order valence-electron chi connectivity index (χ4n) is 4.29. The van der Waals surface area contributed by atoms with Crippen LogP contribution in [0.5, 0.6) is 0 Å². The van der Waals surface area contributed by atoms with Gasteiger partial charge in [-0.2, -0.15) is 0 Å². The second-order valence-corrected chi connectivity index (χ2v) is 8.93. The summed E-state index contributed by atoms with van der Waals surface area (Å²) in [6, 6.07) is 24.6. The second-order valence-electron chi connectivity index (χ2n) is 8.49. The number of oxime groups is 1. The number of carboxylic acid groups (broad SMARTS) is 1. The number of carboxylic acids is 1.